The van der Waals surface area contributed by atoms with E-state index in [-0.39, 0.29) is 17.2 Å². The zero-order valence-electron chi connectivity index (χ0n) is 15.2. The zero-order valence-corrected chi connectivity index (χ0v) is 15.2. The molecule has 0 aliphatic rings. The summed E-state index contributed by atoms with van der Waals surface area (Å²) in [5.74, 6) is 0.431. The van der Waals surface area contributed by atoms with Crippen molar-refractivity contribution >= 4 is 24.3 Å². The number of aromatic hydroxyl groups is 2. The minimum Gasteiger partial charge on any atom is -0.508 e. The fourth-order valence-corrected chi connectivity index (χ4v) is 2.64. The number of rotatable bonds is 4. The summed E-state index contributed by atoms with van der Waals surface area (Å²) >= 11 is 0. The van der Waals surface area contributed by atoms with Crippen LogP contribution >= 0.6 is 0 Å². The van der Waals surface area contributed by atoms with E-state index < -0.39 is 0 Å². The van der Waals surface area contributed by atoms with Crippen molar-refractivity contribution in [1.29, 1.82) is 0 Å². The summed E-state index contributed by atoms with van der Waals surface area (Å²) in [7, 11) is 3.46. The highest BCUT2D eigenvalue weighted by molar-refractivity contribution is 5.71. The number of hydrogen-bond acceptors (Lipinski definition) is 3. The Morgan fingerprint density at radius 2 is 1.30 bits per heavy atom. The fourth-order valence-electron chi connectivity index (χ4n) is 2.64. The number of benzene rings is 2. The Morgan fingerprint density at radius 3 is 1.81 bits per heavy atom. The molecule has 2 aromatic carbocycles. The first-order valence-electron chi connectivity index (χ1n) is 8.48. The highest BCUT2D eigenvalue weighted by atomic mass is 16.3. The van der Waals surface area contributed by atoms with Gasteiger partial charge in [-0.3, -0.25) is 0 Å². The predicted molar refractivity (Wildman–Crippen MR) is 107 cm³/mol. The largest absolute Gasteiger partial charge is 0.508 e. The van der Waals surface area contributed by atoms with Crippen LogP contribution in [0.3, 0.4) is 0 Å². The van der Waals surface area contributed by atoms with E-state index in [9.17, 15) is 15.0 Å². The second-order valence-corrected chi connectivity index (χ2v) is 6.24. The minimum absolute atomic E-state index is 0.131. The van der Waals surface area contributed by atoms with Crippen molar-refractivity contribution in [1.82, 2.24) is 4.57 Å². The Balaban J connectivity index is 1.94. The predicted octanol–water partition coefficient (Wildman–Crippen LogP) is 2.96. The maximum Gasteiger partial charge on any atom is 0.498 e. The summed E-state index contributed by atoms with van der Waals surface area (Å²) in [5, 5.41) is 18.7. The van der Waals surface area contributed by atoms with E-state index >= 15 is 0 Å². The van der Waals surface area contributed by atoms with Gasteiger partial charge in [-0.05, 0) is 47.5 Å². The number of hydrogen-bond donors (Lipinski definition) is 2. The van der Waals surface area contributed by atoms with Gasteiger partial charge in [0, 0.05) is 6.07 Å². The molecular weight excluding hydrogens is 340 g/mol. The van der Waals surface area contributed by atoms with E-state index in [0.717, 1.165) is 22.5 Å². The smallest absolute Gasteiger partial charge is 0.498 e. The van der Waals surface area contributed by atoms with Gasteiger partial charge in [-0.1, -0.05) is 36.4 Å². The Kier molecular flexibility index (Phi) is 5.22. The molecule has 136 valence electrons. The van der Waals surface area contributed by atoms with Crippen LogP contribution in [0.1, 0.15) is 22.5 Å². The third-order valence-corrected chi connectivity index (χ3v) is 4.32. The van der Waals surface area contributed by atoms with Crippen LogP contribution in [0.4, 0.5) is 0 Å². The number of nitrogens with zero attached hydrogens (tertiary/aromatic N) is 2. The maximum atomic E-state index is 12.5. The van der Waals surface area contributed by atoms with Crippen molar-refractivity contribution < 1.29 is 14.8 Å². The molecule has 0 amide bonds. The molecule has 3 aromatic rings. The molecule has 0 aliphatic heterocycles. The Labute approximate surface area is 157 Å². The molecule has 5 nitrogen and oxygen atoms in total. The summed E-state index contributed by atoms with van der Waals surface area (Å²) in [4.78, 5) is 12.5. The second-order valence-electron chi connectivity index (χ2n) is 6.24. The van der Waals surface area contributed by atoms with Crippen molar-refractivity contribution in [2.75, 3.05) is 0 Å². The molecule has 0 saturated carbocycles. The first-order valence-corrected chi connectivity index (χ1v) is 8.48. The van der Waals surface area contributed by atoms with Crippen LogP contribution in [0.2, 0.25) is 0 Å². The highest BCUT2D eigenvalue weighted by Crippen LogP contribution is 2.14. The number of phenols is 2. The molecule has 27 heavy (non-hydrogen) atoms. The van der Waals surface area contributed by atoms with Crippen LogP contribution in [-0.4, -0.2) is 14.8 Å². The normalized spacial score (nSPS) is 11.5. The van der Waals surface area contributed by atoms with Gasteiger partial charge in [-0.2, -0.15) is 13.9 Å². The van der Waals surface area contributed by atoms with Crippen LogP contribution in [0.15, 0.2) is 59.4 Å². The van der Waals surface area contributed by atoms with Gasteiger partial charge < -0.3 is 10.2 Å². The lowest BCUT2D eigenvalue weighted by atomic mass is 10.1. The first kappa shape index (κ1) is 18.2. The van der Waals surface area contributed by atoms with Crippen molar-refractivity contribution in [2.24, 2.45) is 14.1 Å². The van der Waals surface area contributed by atoms with Gasteiger partial charge in [0.2, 0.25) is 0 Å². The van der Waals surface area contributed by atoms with Crippen molar-refractivity contribution in [3.8, 4) is 11.5 Å². The number of phenolic OH excluding ortho intramolecular Hbond substituents is 2. The van der Waals surface area contributed by atoms with Crippen molar-refractivity contribution in [3.63, 3.8) is 0 Å². The summed E-state index contributed by atoms with van der Waals surface area (Å²) in [5.41, 5.74) is 3.24. The molecule has 0 bridgehead atoms. The third-order valence-electron chi connectivity index (χ3n) is 4.32. The molecule has 2 N–H and O–H groups in total. The minimum atomic E-state index is -0.131. The standard InChI is InChI=1S/C22H20N2O3/c1-23-18(9-3-16-5-11-20(25)12-6-16)15-19(24(2)22(23)27)10-4-17-7-13-21(26)14-8-17/h3-15H,1-2H3,(H,25,26)/p+1. The Bertz CT molecular complexity index is 978. The summed E-state index contributed by atoms with van der Waals surface area (Å²) in [6.07, 6.45) is 7.51. The van der Waals surface area contributed by atoms with Gasteiger partial charge in [0.1, 0.15) is 22.9 Å². The maximum absolute atomic E-state index is 12.5. The van der Waals surface area contributed by atoms with E-state index in [0.29, 0.717) is 0 Å². The molecule has 1 aromatic heterocycles. The molecule has 0 fully saturated rings. The molecule has 0 radical (unpaired) electrons. The van der Waals surface area contributed by atoms with Gasteiger partial charge in [-0.15, -0.1) is 0 Å². The van der Waals surface area contributed by atoms with E-state index in [4.69, 9.17) is 0 Å². The molecule has 0 spiro atoms. The van der Waals surface area contributed by atoms with Crippen LogP contribution in [-0.2, 0) is 14.1 Å². The zero-order chi connectivity index (χ0) is 19.4. The SMILES string of the molecule is Cn1c(C=Cc2ccc(O)cc2)cc(C=Cc2ccc(O)cc2)[n+](C)c1=O. The van der Waals surface area contributed by atoms with E-state index in [2.05, 4.69) is 0 Å². The van der Waals surface area contributed by atoms with E-state index in [1.165, 1.54) is 0 Å². The van der Waals surface area contributed by atoms with Crippen LogP contribution in [0, 0.1) is 0 Å². The first-order chi connectivity index (χ1) is 12.9. The summed E-state index contributed by atoms with van der Waals surface area (Å²) < 4.78 is 3.16. The molecule has 1 heterocycles. The molecular formula is C22H21N2O3+. The van der Waals surface area contributed by atoms with Crippen LogP contribution in [0.5, 0.6) is 11.5 Å². The molecule has 0 saturated heterocycles. The quantitative estimate of drug-likeness (QED) is 0.702. The molecule has 5 heteroatoms. The fraction of sp³-hybridized carbons (Fsp3) is 0.0909. The topological polar surface area (TPSA) is 66.3 Å². The van der Waals surface area contributed by atoms with Crippen LogP contribution < -0.4 is 10.3 Å². The van der Waals surface area contributed by atoms with E-state index in [1.54, 1.807) is 71.8 Å². The van der Waals surface area contributed by atoms with E-state index in [1.807, 2.05) is 30.4 Å². The van der Waals surface area contributed by atoms with Gasteiger partial charge in [0.05, 0.1) is 14.1 Å². The van der Waals surface area contributed by atoms with Crippen molar-refractivity contribution in [2.45, 2.75) is 0 Å². The average molecular weight is 361 g/mol. The Hall–Kier alpha value is -3.60. The lowest BCUT2D eigenvalue weighted by molar-refractivity contribution is -0.692. The number of aromatic nitrogens is 2. The molecule has 3 rings (SSSR count). The summed E-state index contributed by atoms with van der Waals surface area (Å²) in [6.45, 7) is 0. The lowest BCUT2D eigenvalue weighted by Gasteiger charge is -2.03. The van der Waals surface area contributed by atoms with Crippen LogP contribution in [0.25, 0.3) is 24.3 Å². The molecule has 0 unspecified atom stereocenters. The lowest BCUT2D eigenvalue weighted by Crippen LogP contribution is -2.53. The Morgan fingerprint density at radius 1 is 0.815 bits per heavy atom. The van der Waals surface area contributed by atoms with Crippen molar-refractivity contribution in [3.05, 3.63) is 87.6 Å². The second kappa shape index (κ2) is 7.74. The molecule has 0 aliphatic carbocycles. The van der Waals surface area contributed by atoms with Gasteiger partial charge >= 0.3 is 5.69 Å². The third kappa shape index (κ3) is 4.33. The van der Waals surface area contributed by atoms with Gasteiger partial charge in [0.25, 0.3) is 0 Å². The monoisotopic (exact) mass is 361 g/mol. The van der Waals surface area contributed by atoms with Gasteiger partial charge in [0.15, 0.2) is 0 Å². The highest BCUT2D eigenvalue weighted by Gasteiger charge is 2.12. The van der Waals surface area contributed by atoms with Gasteiger partial charge in [-0.25, -0.2) is 0 Å². The summed E-state index contributed by atoms with van der Waals surface area (Å²) in [6, 6.07) is 15.6. The average Bonchev–Trinajstić information content (AvgIpc) is 2.67. The molecule has 0 atom stereocenters.